The lowest BCUT2D eigenvalue weighted by atomic mass is 10.2. The van der Waals surface area contributed by atoms with Crippen molar-refractivity contribution in [3.05, 3.63) is 29.8 Å². The first-order valence-corrected chi connectivity index (χ1v) is 7.39. The molecule has 0 unspecified atom stereocenters. The van der Waals surface area contributed by atoms with Crippen molar-refractivity contribution in [2.75, 3.05) is 13.2 Å². The molecule has 1 aliphatic rings. The topological polar surface area (TPSA) is 33.3 Å². The predicted molar refractivity (Wildman–Crippen MR) is 82.7 cm³/mol. The van der Waals surface area contributed by atoms with Gasteiger partial charge < -0.3 is 15.4 Å². The van der Waals surface area contributed by atoms with Gasteiger partial charge in [-0.15, -0.1) is 0 Å². The summed E-state index contributed by atoms with van der Waals surface area (Å²) in [4.78, 5) is 0. The fraction of sp³-hybridized carbons (Fsp3) is 0.533. The van der Waals surface area contributed by atoms with Gasteiger partial charge in [-0.3, -0.25) is 0 Å². The average molecular weight is 278 g/mol. The Morgan fingerprint density at radius 1 is 1.37 bits per heavy atom. The van der Waals surface area contributed by atoms with Crippen molar-refractivity contribution in [3.63, 3.8) is 0 Å². The van der Waals surface area contributed by atoms with Gasteiger partial charge in [-0.25, -0.2) is 0 Å². The van der Waals surface area contributed by atoms with Gasteiger partial charge in [0.25, 0.3) is 0 Å². The molecule has 0 radical (unpaired) electrons. The van der Waals surface area contributed by atoms with E-state index in [4.69, 9.17) is 17.0 Å². The van der Waals surface area contributed by atoms with Crippen LogP contribution in [0.15, 0.2) is 24.3 Å². The monoisotopic (exact) mass is 278 g/mol. The molecule has 1 aromatic carbocycles. The molecule has 0 aromatic heterocycles. The van der Waals surface area contributed by atoms with E-state index < -0.39 is 0 Å². The van der Waals surface area contributed by atoms with Crippen molar-refractivity contribution in [1.82, 2.24) is 10.6 Å². The van der Waals surface area contributed by atoms with E-state index in [9.17, 15) is 0 Å². The van der Waals surface area contributed by atoms with E-state index in [0.717, 1.165) is 17.4 Å². The van der Waals surface area contributed by atoms with Crippen molar-refractivity contribution in [2.24, 2.45) is 0 Å². The second kappa shape index (κ2) is 7.34. The molecule has 0 spiro atoms. The molecule has 0 bridgehead atoms. The van der Waals surface area contributed by atoms with E-state index in [-0.39, 0.29) is 0 Å². The van der Waals surface area contributed by atoms with Crippen molar-refractivity contribution in [1.29, 1.82) is 0 Å². The number of rotatable bonds is 5. The molecular formula is C15H22N2OS. The van der Waals surface area contributed by atoms with Crippen molar-refractivity contribution < 1.29 is 4.74 Å². The second-order valence-corrected chi connectivity index (χ2v) is 5.45. The zero-order valence-corrected chi connectivity index (χ0v) is 12.3. The molecule has 4 heteroatoms. The summed E-state index contributed by atoms with van der Waals surface area (Å²) in [6.07, 6.45) is 5.11. The normalized spacial score (nSPS) is 15.2. The Labute approximate surface area is 120 Å². The SMILES string of the molecule is Cc1cccc(OCCNC(=S)NC2CCCC2)c1. The Kier molecular flexibility index (Phi) is 5.45. The number of nitrogens with one attached hydrogen (secondary N) is 2. The summed E-state index contributed by atoms with van der Waals surface area (Å²) in [7, 11) is 0. The molecule has 1 saturated carbocycles. The van der Waals surface area contributed by atoms with Gasteiger partial charge in [-0.2, -0.15) is 0 Å². The van der Waals surface area contributed by atoms with E-state index in [0.29, 0.717) is 12.6 Å². The van der Waals surface area contributed by atoms with Crippen LogP contribution in [0.2, 0.25) is 0 Å². The van der Waals surface area contributed by atoms with Gasteiger partial charge in [0.15, 0.2) is 5.11 Å². The zero-order valence-electron chi connectivity index (χ0n) is 11.4. The Morgan fingerprint density at radius 2 is 2.16 bits per heavy atom. The Morgan fingerprint density at radius 3 is 2.89 bits per heavy atom. The van der Waals surface area contributed by atoms with Gasteiger partial charge in [-0.1, -0.05) is 25.0 Å². The minimum absolute atomic E-state index is 0.567. The minimum Gasteiger partial charge on any atom is -0.492 e. The highest BCUT2D eigenvalue weighted by molar-refractivity contribution is 7.80. The van der Waals surface area contributed by atoms with Crippen LogP contribution in [0.3, 0.4) is 0 Å². The quantitative estimate of drug-likeness (QED) is 0.641. The van der Waals surface area contributed by atoms with E-state index in [1.54, 1.807) is 0 Å². The molecule has 1 fully saturated rings. The number of thiocarbonyl (C=S) groups is 1. The van der Waals surface area contributed by atoms with Crippen LogP contribution < -0.4 is 15.4 Å². The maximum absolute atomic E-state index is 5.66. The van der Waals surface area contributed by atoms with Gasteiger partial charge in [0.05, 0.1) is 6.54 Å². The molecule has 1 aliphatic carbocycles. The molecule has 104 valence electrons. The highest BCUT2D eigenvalue weighted by atomic mass is 32.1. The largest absolute Gasteiger partial charge is 0.492 e. The molecule has 3 nitrogen and oxygen atoms in total. The van der Waals surface area contributed by atoms with Crippen LogP contribution in [-0.2, 0) is 0 Å². The Balaban J connectivity index is 1.59. The number of benzene rings is 1. The van der Waals surface area contributed by atoms with E-state index >= 15 is 0 Å². The summed E-state index contributed by atoms with van der Waals surface area (Å²) in [6, 6.07) is 8.64. The van der Waals surface area contributed by atoms with Crippen LogP contribution >= 0.6 is 12.2 Å². The third-order valence-corrected chi connectivity index (χ3v) is 3.60. The molecule has 0 saturated heterocycles. The van der Waals surface area contributed by atoms with Crippen molar-refractivity contribution in [2.45, 2.75) is 38.6 Å². The molecule has 0 amide bonds. The van der Waals surface area contributed by atoms with Crippen LogP contribution in [0.5, 0.6) is 5.75 Å². The number of aryl methyl sites for hydroxylation is 1. The molecule has 19 heavy (non-hydrogen) atoms. The smallest absolute Gasteiger partial charge is 0.166 e. The molecule has 2 rings (SSSR count). The summed E-state index contributed by atoms with van der Waals surface area (Å²) >= 11 is 5.26. The average Bonchev–Trinajstić information content (AvgIpc) is 2.87. The lowest BCUT2D eigenvalue weighted by molar-refractivity contribution is 0.322. The first-order valence-electron chi connectivity index (χ1n) is 6.98. The van der Waals surface area contributed by atoms with Crippen LogP contribution in [-0.4, -0.2) is 24.3 Å². The lowest BCUT2D eigenvalue weighted by Gasteiger charge is -2.15. The molecular weight excluding hydrogens is 256 g/mol. The van der Waals surface area contributed by atoms with E-state index in [1.165, 1.54) is 31.2 Å². The first-order chi connectivity index (χ1) is 9.24. The summed E-state index contributed by atoms with van der Waals surface area (Å²) in [6.45, 7) is 3.41. The standard InChI is InChI=1S/C15H22N2OS/c1-12-5-4-8-14(11-12)18-10-9-16-15(19)17-13-6-2-3-7-13/h4-5,8,11,13H,2-3,6-7,9-10H2,1H3,(H2,16,17,19). The number of hydrogen-bond acceptors (Lipinski definition) is 2. The van der Waals surface area contributed by atoms with E-state index in [2.05, 4.69) is 23.6 Å². The number of ether oxygens (including phenoxy) is 1. The van der Waals surface area contributed by atoms with E-state index in [1.807, 2.05) is 18.2 Å². The van der Waals surface area contributed by atoms with Crippen LogP contribution in [0, 0.1) is 6.92 Å². The fourth-order valence-electron chi connectivity index (χ4n) is 2.35. The van der Waals surface area contributed by atoms with Crippen LogP contribution in [0.1, 0.15) is 31.2 Å². The highest BCUT2D eigenvalue weighted by Gasteiger charge is 2.14. The second-order valence-electron chi connectivity index (χ2n) is 5.05. The Hall–Kier alpha value is -1.29. The maximum atomic E-state index is 5.66. The maximum Gasteiger partial charge on any atom is 0.166 e. The van der Waals surface area contributed by atoms with Gasteiger partial charge in [0.2, 0.25) is 0 Å². The summed E-state index contributed by atoms with van der Waals surface area (Å²) < 4.78 is 5.66. The molecule has 0 heterocycles. The van der Waals surface area contributed by atoms with Gasteiger partial charge >= 0.3 is 0 Å². The van der Waals surface area contributed by atoms with Gasteiger partial charge in [0, 0.05) is 6.04 Å². The van der Waals surface area contributed by atoms with Crippen LogP contribution in [0.4, 0.5) is 0 Å². The first kappa shape index (κ1) is 14.1. The summed E-state index contributed by atoms with van der Waals surface area (Å²) in [5.74, 6) is 0.913. The summed E-state index contributed by atoms with van der Waals surface area (Å²) in [5.41, 5.74) is 1.21. The third-order valence-electron chi connectivity index (χ3n) is 3.34. The van der Waals surface area contributed by atoms with Gasteiger partial charge in [0.1, 0.15) is 12.4 Å². The Bertz CT molecular complexity index is 416. The van der Waals surface area contributed by atoms with Gasteiger partial charge in [-0.05, 0) is 49.7 Å². The van der Waals surface area contributed by atoms with Crippen molar-refractivity contribution >= 4 is 17.3 Å². The molecule has 2 N–H and O–H groups in total. The zero-order chi connectivity index (χ0) is 13.5. The molecule has 0 aliphatic heterocycles. The van der Waals surface area contributed by atoms with Crippen molar-refractivity contribution in [3.8, 4) is 5.75 Å². The highest BCUT2D eigenvalue weighted by Crippen LogP contribution is 2.17. The lowest BCUT2D eigenvalue weighted by Crippen LogP contribution is -2.42. The molecule has 1 aromatic rings. The van der Waals surface area contributed by atoms with Crippen LogP contribution in [0.25, 0.3) is 0 Å². The minimum atomic E-state index is 0.567. The fourth-order valence-corrected chi connectivity index (χ4v) is 2.61. The summed E-state index contributed by atoms with van der Waals surface area (Å²) in [5, 5.41) is 7.29. The third kappa shape index (κ3) is 5.07. The molecule has 0 atom stereocenters. The predicted octanol–water partition coefficient (Wildman–Crippen LogP) is 2.78. The number of hydrogen-bond donors (Lipinski definition) is 2.